The predicted octanol–water partition coefficient (Wildman–Crippen LogP) is 2.65. The molecule has 0 heterocycles. The number of nitrogens with zero attached hydrogens (tertiary/aromatic N) is 1. The fourth-order valence-electron chi connectivity index (χ4n) is 2.42. The highest BCUT2D eigenvalue weighted by Crippen LogP contribution is 2.33. The van der Waals surface area contributed by atoms with Crippen LogP contribution >= 0.6 is 15.9 Å². The topological polar surface area (TPSA) is 49.5 Å². The minimum atomic E-state index is 0.245. The number of aliphatic hydroxyl groups is 1. The van der Waals surface area contributed by atoms with E-state index in [4.69, 9.17) is 10.8 Å². The first kappa shape index (κ1) is 13.8. The van der Waals surface area contributed by atoms with Gasteiger partial charge in [0.25, 0.3) is 0 Å². The fraction of sp³-hybridized carbons (Fsp3) is 0.571. The quantitative estimate of drug-likeness (QED) is 0.849. The summed E-state index contributed by atoms with van der Waals surface area (Å²) >= 11 is 3.53. The second kappa shape index (κ2) is 6.55. The molecule has 1 fully saturated rings. The maximum Gasteiger partial charge on any atom is 0.0447 e. The number of halogens is 1. The molecule has 0 atom stereocenters. The molecule has 2 rings (SSSR count). The molecule has 0 radical (unpaired) electrons. The second-order valence-electron chi connectivity index (χ2n) is 4.83. The Labute approximate surface area is 117 Å². The van der Waals surface area contributed by atoms with Gasteiger partial charge in [0.2, 0.25) is 0 Å². The second-order valence-corrected chi connectivity index (χ2v) is 5.75. The molecular weight excluding hydrogens is 292 g/mol. The van der Waals surface area contributed by atoms with Crippen molar-refractivity contribution in [3.8, 4) is 0 Å². The Bertz CT molecular complexity index is 393. The Hall–Kier alpha value is -0.580. The highest BCUT2D eigenvalue weighted by Gasteiger charge is 2.26. The summed E-state index contributed by atoms with van der Waals surface area (Å²) in [7, 11) is 0. The van der Waals surface area contributed by atoms with E-state index in [0.29, 0.717) is 12.6 Å². The first-order valence-electron chi connectivity index (χ1n) is 6.62. The number of benzene rings is 1. The highest BCUT2D eigenvalue weighted by atomic mass is 79.9. The van der Waals surface area contributed by atoms with Crippen LogP contribution in [0.4, 0.5) is 5.69 Å². The van der Waals surface area contributed by atoms with Gasteiger partial charge in [-0.3, -0.25) is 0 Å². The lowest BCUT2D eigenvalue weighted by molar-refractivity contribution is 0.283. The average Bonchev–Trinajstić information content (AvgIpc) is 2.32. The van der Waals surface area contributed by atoms with E-state index in [9.17, 15) is 0 Å². The van der Waals surface area contributed by atoms with E-state index in [0.717, 1.165) is 17.4 Å². The van der Waals surface area contributed by atoms with Crippen molar-refractivity contribution < 1.29 is 5.11 Å². The van der Waals surface area contributed by atoms with Crippen molar-refractivity contribution in [2.75, 3.05) is 18.1 Å². The molecule has 1 saturated carbocycles. The van der Waals surface area contributed by atoms with Gasteiger partial charge in [0.05, 0.1) is 0 Å². The van der Waals surface area contributed by atoms with Crippen molar-refractivity contribution in [3.63, 3.8) is 0 Å². The van der Waals surface area contributed by atoms with E-state index < -0.39 is 0 Å². The minimum Gasteiger partial charge on any atom is -0.396 e. The van der Waals surface area contributed by atoms with Gasteiger partial charge in [-0.1, -0.05) is 22.0 Å². The van der Waals surface area contributed by atoms with E-state index in [1.807, 2.05) is 6.07 Å². The van der Waals surface area contributed by atoms with Crippen LogP contribution in [0.2, 0.25) is 0 Å². The summed E-state index contributed by atoms with van der Waals surface area (Å²) in [4.78, 5) is 2.42. The summed E-state index contributed by atoms with van der Waals surface area (Å²) < 4.78 is 1.09. The third-order valence-electron chi connectivity index (χ3n) is 3.65. The maximum atomic E-state index is 9.06. The molecule has 0 aromatic heterocycles. The summed E-state index contributed by atoms with van der Waals surface area (Å²) in [5, 5.41) is 9.06. The lowest BCUT2D eigenvalue weighted by atomic mass is 9.90. The number of hydrogen-bond acceptors (Lipinski definition) is 3. The van der Waals surface area contributed by atoms with Crippen molar-refractivity contribution in [2.45, 2.75) is 38.3 Å². The predicted molar refractivity (Wildman–Crippen MR) is 78.7 cm³/mol. The lowest BCUT2D eigenvalue weighted by Crippen LogP contribution is -2.41. The van der Waals surface area contributed by atoms with Crippen LogP contribution in [-0.2, 0) is 6.54 Å². The lowest BCUT2D eigenvalue weighted by Gasteiger charge is -2.40. The minimum absolute atomic E-state index is 0.245. The maximum absolute atomic E-state index is 9.06. The van der Waals surface area contributed by atoms with Gasteiger partial charge in [-0.15, -0.1) is 0 Å². The largest absolute Gasteiger partial charge is 0.396 e. The summed E-state index contributed by atoms with van der Waals surface area (Å²) in [6.45, 7) is 1.71. The molecule has 3 N–H and O–H groups in total. The van der Waals surface area contributed by atoms with Gasteiger partial charge in [0.15, 0.2) is 0 Å². The summed E-state index contributed by atoms with van der Waals surface area (Å²) in [6, 6.07) is 6.90. The Kier molecular flexibility index (Phi) is 5.03. The summed E-state index contributed by atoms with van der Waals surface area (Å²) in [6.07, 6.45) is 4.63. The summed E-state index contributed by atoms with van der Waals surface area (Å²) in [5.41, 5.74) is 8.25. The van der Waals surface area contributed by atoms with Gasteiger partial charge >= 0.3 is 0 Å². The third-order valence-corrected chi connectivity index (χ3v) is 4.14. The molecule has 18 heavy (non-hydrogen) atoms. The molecule has 0 bridgehead atoms. The van der Waals surface area contributed by atoms with E-state index in [2.05, 4.69) is 33.0 Å². The molecule has 0 unspecified atom stereocenters. The third kappa shape index (κ3) is 3.05. The monoisotopic (exact) mass is 312 g/mol. The van der Waals surface area contributed by atoms with Crippen molar-refractivity contribution >= 4 is 21.6 Å². The van der Waals surface area contributed by atoms with Gasteiger partial charge in [0.1, 0.15) is 0 Å². The molecule has 4 heteroatoms. The number of hydrogen-bond donors (Lipinski definition) is 2. The molecule has 1 aromatic carbocycles. The van der Waals surface area contributed by atoms with Gasteiger partial charge in [-0.25, -0.2) is 0 Å². The SMILES string of the molecule is NCc1ccc(Br)cc1N(CCCO)C1CCC1. The first-order chi connectivity index (χ1) is 8.76. The number of aliphatic hydroxyl groups excluding tert-OH is 1. The van der Waals surface area contributed by atoms with E-state index in [1.165, 1.54) is 30.5 Å². The zero-order chi connectivity index (χ0) is 13.0. The van der Waals surface area contributed by atoms with E-state index in [-0.39, 0.29) is 6.61 Å². The first-order valence-corrected chi connectivity index (χ1v) is 7.41. The molecule has 100 valence electrons. The van der Waals surface area contributed by atoms with Crippen LogP contribution in [0.3, 0.4) is 0 Å². The number of anilines is 1. The number of nitrogens with two attached hydrogens (primary N) is 1. The zero-order valence-corrected chi connectivity index (χ0v) is 12.2. The number of rotatable bonds is 6. The molecule has 1 aromatic rings. The van der Waals surface area contributed by atoms with Crippen LogP contribution in [0.1, 0.15) is 31.2 Å². The molecule has 3 nitrogen and oxygen atoms in total. The Morgan fingerprint density at radius 1 is 1.39 bits per heavy atom. The van der Waals surface area contributed by atoms with E-state index >= 15 is 0 Å². The Morgan fingerprint density at radius 3 is 2.72 bits per heavy atom. The summed E-state index contributed by atoms with van der Waals surface area (Å²) in [5.74, 6) is 0. The molecule has 1 aliphatic rings. The average molecular weight is 313 g/mol. The zero-order valence-electron chi connectivity index (χ0n) is 10.6. The molecule has 0 spiro atoms. The van der Waals surface area contributed by atoms with Crippen LogP contribution in [0.25, 0.3) is 0 Å². The van der Waals surface area contributed by atoms with Crippen molar-refractivity contribution in [1.82, 2.24) is 0 Å². The Balaban J connectivity index is 2.24. The van der Waals surface area contributed by atoms with Crippen molar-refractivity contribution in [1.29, 1.82) is 0 Å². The van der Waals surface area contributed by atoms with Crippen LogP contribution in [0, 0.1) is 0 Å². The van der Waals surface area contributed by atoms with Gasteiger partial charge in [0, 0.05) is 35.9 Å². The standard InChI is InChI=1S/C14H21BrN2O/c15-12-6-5-11(10-16)14(9-12)17(7-2-8-18)13-3-1-4-13/h5-6,9,13,18H,1-4,7-8,10,16H2. The Morgan fingerprint density at radius 2 is 2.17 bits per heavy atom. The van der Waals surface area contributed by atoms with Crippen LogP contribution in [0.15, 0.2) is 22.7 Å². The van der Waals surface area contributed by atoms with Gasteiger partial charge < -0.3 is 15.7 Å². The fourth-order valence-corrected chi connectivity index (χ4v) is 2.77. The molecular formula is C14H21BrN2O. The molecule has 0 amide bonds. The van der Waals surface area contributed by atoms with Crippen molar-refractivity contribution in [3.05, 3.63) is 28.2 Å². The normalized spacial score (nSPS) is 15.5. The van der Waals surface area contributed by atoms with Gasteiger partial charge in [-0.2, -0.15) is 0 Å². The van der Waals surface area contributed by atoms with E-state index in [1.54, 1.807) is 0 Å². The smallest absolute Gasteiger partial charge is 0.0447 e. The molecule has 1 aliphatic carbocycles. The van der Waals surface area contributed by atoms with Crippen LogP contribution in [0.5, 0.6) is 0 Å². The highest BCUT2D eigenvalue weighted by molar-refractivity contribution is 9.10. The molecule has 0 aliphatic heterocycles. The molecule has 0 saturated heterocycles. The van der Waals surface area contributed by atoms with Crippen molar-refractivity contribution in [2.24, 2.45) is 5.73 Å². The van der Waals surface area contributed by atoms with Crippen LogP contribution in [-0.4, -0.2) is 24.3 Å². The van der Waals surface area contributed by atoms with Gasteiger partial charge in [-0.05, 0) is 43.4 Å². The van der Waals surface area contributed by atoms with Crippen LogP contribution < -0.4 is 10.6 Å².